The van der Waals surface area contributed by atoms with Gasteiger partial charge >= 0.3 is 0 Å². The summed E-state index contributed by atoms with van der Waals surface area (Å²) in [7, 11) is 0. The summed E-state index contributed by atoms with van der Waals surface area (Å²) in [4.78, 5) is 0. The fourth-order valence-corrected chi connectivity index (χ4v) is 1.52. The third-order valence-electron chi connectivity index (χ3n) is 1.25. The van der Waals surface area contributed by atoms with E-state index in [-0.39, 0.29) is 0 Å². The van der Waals surface area contributed by atoms with Crippen molar-refractivity contribution in [3.63, 3.8) is 0 Å². The molecule has 0 amide bonds. The van der Waals surface area contributed by atoms with Gasteiger partial charge in [-0.2, -0.15) is 0 Å². The van der Waals surface area contributed by atoms with Crippen LogP contribution in [0.25, 0.3) is 0 Å². The zero-order chi connectivity index (χ0) is 8.81. The zero-order valence-corrected chi connectivity index (χ0v) is 8.12. The average Bonchev–Trinajstić information content (AvgIpc) is 2.05. The van der Waals surface area contributed by atoms with Gasteiger partial charge < -0.3 is 10.5 Å². The zero-order valence-electron chi connectivity index (χ0n) is 6.49. The summed E-state index contributed by atoms with van der Waals surface area (Å²) >= 11 is 6.15. The first-order valence-electron chi connectivity index (χ1n) is 3.50. The van der Waals surface area contributed by atoms with Crippen molar-refractivity contribution in [2.75, 3.05) is 0 Å². The molecular formula is C8H10N2S2. The Kier molecular flexibility index (Phi) is 3.90. The van der Waals surface area contributed by atoms with Crippen LogP contribution in [-0.2, 0) is 5.75 Å². The smallest absolute Gasteiger partial charge is 0.173 e. The lowest BCUT2D eigenvalue weighted by Gasteiger charge is -2.01. The van der Waals surface area contributed by atoms with Gasteiger partial charge in [0.15, 0.2) is 5.11 Å². The van der Waals surface area contributed by atoms with Crippen molar-refractivity contribution in [1.29, 1.82) is 0 Å². The predicted octanol–water partition coefficient (Wildman–Crippen LogP) is 1.67. The molecule has 1 rings (SSSR count). The van der Waals surface area contributed by atoms with E-state index in [1.807, 2.05) is 18.2 Å². The fraction of sp³-hybridized carbons (Fsp3) is 0.125. The Morgan fingerprint density at radius 2 is 2.08 bits per heavy atom. The molecular weight excluding hydrogens is 188 g/mol. The molecule has 0 unspecified atom stereocenters. The highest BCUT2D eigenvalue weighted by Gasteiger charge is 1.91. The Bertz CT molecular complexity index is 248. The third kappa shape index (κ3) is 3.59. The maximum atomic E-state index is 5.26. The highest BCUT2D eigenvalue weighted by atomic mass is 32.2. The highest BCUT2D eigenvalue weighted by molar-refractivity contribution is 7.98. The number of nitrogens with two attached hydrogens (primary N) is 1. The van der Waals surface area contributed by atoms with Crippen molar-refractivity contribution < 1.29 is 0 Å². The molecule has 0 radical (unpaired) electrons. The van der Waals surface area contributed by atoms with E-state index in [0.29, 0.717) is 5.11 Å². The number of hydrogen-bond donors (Lipinski definition) is 2. The number of nitrogens with one attached hydrogen (secondary N) is 1. The fourth-order valence-electron chi connectivity index (χ4n) is 0.765. The number of rotatable bonds is 3. The van der Waals surface area contributed by atoms with E-state index in [1.165, 1.54) is 17.5 Å². The van der Waals surface area contributed by atoms with E-state index < -0.39 is 0 Å². The molecule has 0 fully saturated rings. The van der Waals surface area contributed by atoms with Gasteiger partial charge in [-0.1, -0.05) is 30.3 Å². The van der Waals surface area contributed by atoms with E-state index in [4.69, 9.17) is 5.73 Å². The number of hydrogen-bond acceptors (Lipinski definition) is 2. The van der Waals surface area contributed by atoms with Gasteiger partial charge in [-0.05, 0) is 29.7 Å². The van der Waals surface area contributed by atoms with Crippen molar-refractivity contribution in [3.05, 3.63) is 35.9 Å². The van der Waals surface area contributed by atoms with E-state index in [2.05, 4.69) is 29.1 Å². The molecule has 0 aromatic heterocycles. The largest absolute Gasteiger partial charge is 0.376 e. The highest BCUT2D eigenvalue weighted by Crippen LogP contribution is 2.07. The summed E-state index contributed by atoms with van der Waals surface area (Å²) in [5.41, 5.74) is 6.51. The predicted molar refractivity (Wildman–Crippen MR) is 57.7 cm³/mol. The molecule has 0 atom stereocenters. The Hall–Kier alpha value is -0.740. The Balaban J connectivity index is 2.29. The van der Waals surface area contributed by atoms with Crippen LogP contribution >= 0.6 is 24.2 Å². The first kappa shape index (κ1) is 9.35. The van der Waals surface area contributed by atoms with Crippen molar-refractivity contribution >= 4 is 29.3 Å². The van der Waals surface area contributed by atoms with Crippen LogP contribution in [0.3, 0.4) is 0 Å². The van der Waals surface area contributed by atoms with E-state index >= 15 is 0 Å². The van der Waals surface area contributed by atoms with Crippen LogP contribution in [-0.4, -0.2) is 5.11 Å². The minimum Gasteiger partial charge on any atom is -0.376 e. The molecule has 0 spiro atoms. The van der Waals surface area contributed by atoms with Crippen molar-refractivity contribution in [2.45, 2.75) is 5.75 Å². The molecule has 0 saturated carbocycles. The Labute approximate surface area is 81.7 Å². The molecule has 1 aromatic carbocycles. The first-order valence-corrected chi connectivity index (χ1v) is 4.89. The normalized spacial score (nSPS) is 9.33. The molecule has 3 N–H and O–H groups in total. The van der Waals surface area contributed by atoms with Crippen LogP contribution in [0.5, 0.6) is 0 Å². The molecule has 0 heterocycles. The van der Waals surface area contributed by atoms with E-state index in [0.717, 1.165) is 5.75 Å². The molecule has 1 aromatic rings. The lowest BCUT2D eigenvalue weighted by molar-refractivity contribution is 1.38. The van der Waals surface area contributed by atoms with Gasteiger partial charge in [-0.15, -0.1) is 0 Å². The molecule has 0 saturated heterocycles. The summed E-state index contributed by atoms with van der Waals surface area (Å²) in [5, 5.41) is 0.330. The third-order valence-corrected chi connectivity index (χ3v) is 2.33. The monoisotopic (exact) mass is 198 g/mol. The van der Waals surface area contributed by atoms with Crippen LogP contribution in [0.15, 0.2) is 30.3 Å². The molecule has 0 aliphatic heterocycles. The quantitative estimate of drug-likeness (QED) is 0.572. The van der Waals surface area contributed by atoms with Crippen LogP contribution in [0.4, 0.5) is 0 Å². The molecule has 12 heavy (non-hydrogen) atoms. The van der Waals surface area contributed by atoms with Crippen molar-refractivity contribution in [3.8, 4) is 0 Å². The van der Waals surface area contributed by atoms with Crippen LogP contribution in [0.1, 0.15) is 5.56 Å². The Morgan fingerprint density at radius 3 is 2.67 bits per heavy atom. The summed E-state index contributed by atoms with van der Waals surface area (Å²) in [6.45, 7) is 0. The summed E-state index contributed by atoms with van der Waals surface area (Å²) in [6, 6.07) is 10.1. The van der Waals surface area contributed by atoms with Gasteiger partial charge in [-0.25, -0.2) is 0 Å². The average molecular weight is 198 g/mol. The molecule has 0 aliphatic carbocycles. The van der Waals surface area contributed by atoms with E-state index in [9.17, 15) is 0 Å². The summed E-state index contributed by atoms with van der Waals surface area (Å²) in [5.74, 6) is 0.873. The SMILES string of the molecule is NC(=S)NSCc1ccccc1. The van der Waals surface area contributed by atoms with Crippen LogP contribution < -0.4 is 10.5 Å². The van der Waals surface area contributed by atoms with Crippen molar-refractivity contribution in [1.82, 2.24) is 4.72 Å². The maximum absolute atomic E-state index is 5.26. The van der Waals surface area contributed by atoms with Gasteiger partial charge in [0.1, 0.15) is 0 Å². The minimum atomic E-state index is 0.330. The molecule has 0 bridgehead atoms. The number of thiocarbonyl (C=S) groups is 1. The van der Waals surface area contributed by atoms with Crippen LogP contribution in [0.2, 0.25) is 0 Å². The van der Waals surface area contributed by atoms with Gasteiger partial charge in [-0.3, -0.25) is 0 Å². The van der Waals surface area contributed by atoms with E-state index in [1.54, 1.807) is 0 Å². The van der Waals surface area contributed by atoms with Gasteiger partial charge in [0.25, 0.3) is 0 Å². The van der Waals surface area contributed by atoms with Gasteiger partial charge in [0.05, 0.1) is 0 Å². The molecule has 64 valence electrons. The summed E-state index contributed by atoms with van der Waals surface area (Å²) in [6.07, 6.45) is 0. The Morgan fingerprint density at radius 1 is 1.42 bits per heavy atom. The number of benzene rings is 1. The standard InChI is InChI=1S/C8H10N2S2/c9-8(11)10-12-6-7-4-2-1-3-5-7/h1-5H,6H2,(H3,9,10,11). The first-order chi connectivity index (χ1) is 5.79. The maximum Gasteiger partial charge on any atom is 0.173 e. The van der Waals surface area contributed by atoms with Gasteiger partial charge in [0.2, 0.25) is 0 Å². The molecule has 4 heteroatoms. The lowest BCUT2D eigenvalue weighted by Crippen LogP contribution is -2.22. The lowest BCUT2D eigenvalue weighted by atomic mass is 10.2. The van der Waals surface area contributed by atoms with Gasteiger partial charge in [0, 0.05) is 5.75 Å². The molecule has 0 aliphatic rings. The molecule has 2 nitrogen and oxygen atoms in total. The second-order valence-electron chi connectivity index (χ2n) is 2.24. The second-order valence-corrected chi connectivity index (χ2v) is 3.46. The summed E-state index contributed by atoms with van der Waals surface area (Å²) < 4.78 is 2.82. The minimum absolute atomic E-state index is 0.330. The topological polar surface area (TPSA) is 38.0 Å². The second kappa shape index (κ2) is 5.00. The van der Waals surface area contributed by atoms with Crippen molar-refractivity contribution in [2.24, 2.45) is 5.73 Å². The van der Waals surface area contributed by atoms with Crippen LogP contribution in [0, 0.1) is 0 Å².